The Morgan fingerprint density at radius 1 is 1.29 bits per heavy atom. The van der Waals surface area contributed by atoms with Gasteiger partial charge >= 0.3 is 0 Å². The van der Waals surface area contributed by atoms with Crippen molar-refractivity contribution in [2.75, 3.05) is 25.0 Å². The van der Waals surface area contributed by atoms with Crippen LogP contribution in [-0.2, 0) is 0 Å². The zero-order chi connectivity index (χ0) is 15.6. The topological polar surface area (TPSA) is 15.3 Å². The van der Waals surface area contributed by atoms with Gasteiger partial charge in [-0.05, 0) is 37.4 Å². The van der Waals surface area contributed by atoms with Crippen LogP contribution in [0.1, 0.15) is 45.7 Å². The van der Waals surface area contributed by atoms with Gasteiger partial charge in [-0.1, -0.05) is 44.6 Å². The molecule has 1 heterocycles. The van der Waals surface area contributed by atoms with Crippen molar-refractivity contribution >= 4 is 5.69 Å². The molecule has 3 heteroatoms. The number of hydrogen-bond acceptors (Lipinski definition) is 2. The molecule has 0 saturated heterocycles. The molecular formula is C18H27FN2. The Hall–Kier alpha value is -1.35. The van der Waals surface area contributed by atoms with Crippen molar-refractivity contribution in [3.8, 4) is 0 Å². The van der Waals surface area contributed by atoms with Crippen molar-refractivity contribution in [3.05, 3.63) is 41.2 Å². The highest BCUT2D eigenvalue weighted by Gasteiger charge is 2.24. The lowest BCUT2D eigenvalue weighted by Crippen LogP contribution is -2.33. The van der Waals surface area contributed by atoms with Crippen molar-refractivity contribution in [2.45, 2.75) is 40.2 Å². The molecule has 0 amide bonds. The Kier molecular flexibility index (Phi) is 4.72. The van der Waals surface area contributed by atoms with Gasteiger partial charge in [0.1, 0.15) is 5.82 Å². The Morgan fingerprint density at radius 2 is 2.00 bits per heavy atom. The van der Waals surface area contributed by atoms with Crippen molar-refractivity contribution < 1.29 is 4.39 Å². The average Bonchev–Trinajstić information content (AvgIpc) is 2.45. The maximum Gasteiger partial charge on any atom is 0.146 e. The number of para-hydroxylation sites is 1. The molecule has 0 bridgehead atoms. The summed E-state index contributed by atoms with van der Waals surface area (Å²) in [6.45, 7) is 10.5. The molecule has 1 aliphatic rings. The van der Waals surface area contributed by atoms with Gasteiger partial charge in [0.25, 0.3) is 0 Å². The van der Waals surface area contributed by atoms with Crippen LogP contribution < -0.4 is 10.2 Å². The first-order valence-corrected chi connectivity index (χ1v) is 7.74. The molecule has 1 unspecified atom stereocenters. The predicted octanol–water partition coefficient (Wildman–Crippen LogP) is 4.29. The van der Waals surface area contributed by atoms with Gasteiger partial charge < -0.3 is 10.2 Å². The lowest BCUT2D eigenvalue weighted by molar-refractivity contribution is 0.471. The van der Waals surface area contributed by atoms with E-state index >= 15 is 0 Å². The number of rotatable bonds is 3. The van der Waals surface area contributed by atoms with Crippen LogP contribution in [0.4, 0.5) is 10.1 Å². The molecule has 0 aliphatic carbocycles. The van der Waals surface area contributed by atoms with Crippen molar-refractivity contribution in [2.24, 2.45) is 5.41 Å². The molecule has 21 heavy (non-hydrogen) atoms. The molecule has 1 atom stereocenters. The smallest absolute Gasteiger partial charge is 0.146 e. The fraction of sp³-hybridized carbons (Fsp3) is 0.556. The Morgan fingerprint density at radius 3 is 2.52 bits per heavy atom. The summed E-state index contributed by atoms with van der Waals surface area (Å²) in [5.41, 5.74) is 3.47. The molecular weight excluding hydrogens is 263 g/mol. The van der Waals surface area contributed by atoms with Crippen LogP contribution in [0, 0.1) is 11.2 Å². The molecule has 0 aromatic heterocycles. The summed E-state index contributed by atoms with van der Waals surface area (Å²) in [6.07, 6.45) is 3.27. The monoisotopic (exact) mass is 290 g/mol. The number of halogens is 1. The van der Waals surface area contributed by atoms with E-state index in [2.05, 4.69) is 44.0 Å². The van der Waals surface area contributed by atoms with E-state index in [0.29, 0.717) is 0 Å². The van der Waals surface area contributed by atoms with Gasteiger partial charge in [0.15, 0.2) is 0 Å². The molecule has 0 saturated carbocycles. The van der Waals surface area contributed by atoms with E-state index in [4.69, 9.17) is 0 Å². The Labute approximate surface area is 128 Å². The quantitative estimate of drug-likeness (QED) is 0.835. The van der Waals surface area contributed by atoms with Crippen molar-refractivity contribution in [3.63, 3.8) is 0 Å². The van der Waals surface area contributed by atoms with E-state index in [1.54, 1.807) is 12.1 Å². The summed E-state index contributed by atoms with van der Waals surface area (Å²) in [5.74, 6) is -0.123. The highest BCUT2D eigenvalue weighted by atomic mass is 19.1. The Balaban J connectivity index is 2.30. The van der Waals surface area contributed by atoms with E-state index < -0.39 is 0 Å². The minimum absolute atomic E-state index is 0.123. The predicted molar refractivity (Wildman–Crippen MR) is 88.2 cm³/mol. The molecule has 0 fully saturated rings. The Bertz CT molecular complexity index is 529. The molecule has 1 aromatic carbocycles. The number of hydrogen-bond donors (Lipinski definition) is 1. The number of nitrogens with one attached hydrogen (secondary N) is 1. The minimum atomic E-state index is -0.123. The fourth-order valence-corrected chi connectivity index (χ4v) is 2.92. The van der Waals surface area contributed by atoms with Crippen LogP contribution in [0.5, 0.6) is 0 Å². The second-order valence-corrected chi connectivity index (χ2v) is 6.86. The summed E-state index contributed by atoms with van der Waals surface area (Å²) in [4.78, 5) is 2.16. The maximum atomic E-state index is 14.4. The van der Waals surface area contributed by atoms with E-state index in [0.717, 1.165) is 30.8 Å². The lowest BCUT2D eigenvalue weighted by Gasteiger charge is -2.35. The maximum absolute atomic E-state index is 14.4. The molecule has 1 N–H and O–H groups in total. The number of benzene rings is 1. The lowest BCUT2D eigenvalue weighted by atomic mass is 9.83. The summed E-state index contributed by atoms with van der Waals surface area (Å²) >= 11 is 0. The summed E-state index contributed by atoms with van der Waals surface area (Å²) in [7, 11) is 1.91. The second kappa shape index (κ2) is 6.18. The van der Waals surface area contributed by atoms with Crippen LogP contribution in [0.25, 0.3) is 0 Å². The zero-order valence-corrected chi connectivity index (χ0v) is 13.8. The van der Waals surface area contributed by atoms with Crippen molar-refractivity contribution in [1.29, 1.82) is 0 Å². The van der Waals surface area contributed by atoms with Gasteiger partial charge in [0, 0.05) is 19.1 Å². The third-order valence-corrected chi connectivity index (χ3v) is 4.41. The minimum Gasteiger partial charge on any atom is -0.365 e. The highest BCUT2D eigenvalue weighted by molar-refractivity contribution is 5.57. The van der Waals surface area contributed by atoms with Gasteiger partial charge in [-0.2, -0.15) is 0 Å². The molecule has 1 aromatic rings. The largest absolute Gasteiger partial charge is 0.365 e. The van der Waals surface area contributed by atoms with Gasteiger partial charge in [0.2, 0.25) is 0 Å². The molecule has 116 valence electrons. The SMILES string of the molecule is CNC(C)c1cccc(F)c1N1CC=C(C(C)(C)C)CC1. The third kappa shape index (κ3) is 3.46. The third-order valence-electron chi connectivity index (χ3n) is 4.41. The standard InChI is InChI=1S/C18H27FN2/c1-13(20-5)15-7-6-8-16(19)17(15)21-11-9-14(10-12-21)18(2,3)4/h6-9,13,20H,10-12H2,1-5H3. The molecule has 1 aliphatic heterocycles. The van der Waals surface area contributed by atoms with Gasteiger partial charge in [-0.3, -0.25) is 0 Å². The van der Waals surface area contributed by atoms with Gasteiger partial charge in [0.05, 0.1) is 5.69 Å². The molecule has 2 rings (SSSR count). The summed E-state index contributed by atoms with van der Waals surface area (Å²) in [5, 5.41) is 3.21. The first-order valence-electron chi connectivity index (χ1n) is 7.74. The van der Waals surface area contributed by atoms with Crippen LogP contribution in [-0.4, -0.2) is 20.1 Å². The molecule has 0 spiro atoms. The van der Waals surface area contributed by atoms with Crippen LogP contribution in [0.15, 0.2) is 29.8 Å². The van der Waals surface area contributed by atoms with E-state index in [1.165, 1.54) is 5.57 Å². The average molecular weight is 290 g/mol. The first kappa shape index (κ1) is 16.0. The zero-order valence-electron chi connectivity index (χ0n) is 13.8. The van der Waals surface area contributed by atoms with E-state index in [1.807, 2.05) is 13.1 Å². The number of anilines is 1. The molecule has 2 nitrogen and oxygen atoms in total. The van der Waals surface area contributed by atoms with Gasteiger partial charge in [-0.15, -0.1) is 0 Å². The van der Waals surface area contributed by atoms with Gasteiger partial charge in [-0.25, -0.2) is 4.39 Å². The normalized spacial score (nSPS) is 17.6. The molecule has 0 radical (unpaired) electrons. The second-order valence-electron chi connectivity index (χ2n) is 6.86. The fourth-order valence-electron chi connectivity index (χ4n) is 2.92. The van der Waals surface area contributed by atoms with E-state index in [-0.39, 0.29) is 17.3 Å². The van der Waals surface area contributed by atoms with Crippen LogP contribution in [0.3, 0.4) is 0 Å². The van der Waals surface area contributed by atoms with Crippen LogP contribution in [0.2, 0.25) is 0 Å². The number of nitrogens with zero attached hydrogens (tertiary/aromatic N) is 1. The summed E-state index contributed by atoms with van der Waals surface area (Å²) in [6, 6.07) is 5.51. The van der Waals surface area contributed by atoms with Crippen LogP contribution >= 0.6 is 0 Å². The van der Waals surface area contributed by atoms with Crippen molar-refractivity contribution in [1.82, 2.24) is 5.32 Å². The van der Waals surface area contributed by atoms with E-state index in [9.17, 15) is 4.39 Å². The summed E-state index contributed by atoms with van der Waals surface area (Å²) < 4.78 is 14.4. The highest BCUT2D eigenvalue weighted by Crippen LogP contribution is 2.35. The first-order chi connectivity index (χ1) is 9.84.